The van der Waals surface area contributed by atoms with Gasteiger partial charge >= 0.3 is 0 Å². The molecular weight excluding hydrogens is 352 g/mol. The van der Waals surface area contributed by atoms with E-state index in [0.717, 1.165) is 32.7 Å². The summed E-state index contributed by atoms with van der Waals surface area (Å²) >= 11 is 5.83. The SMILES string of the molecule is Cc1ccc(CN2CCN(/N=C/c3ccc(Cl)c([N+](=O)[O-])c3)CC2)cc1. The molecule has 0 N–H and O–H groups in total. The molecule has 0 radical (unpaired) electrons. The first kappa shape index (κ1) is 18.4. The molecule has 6 nitrogen and oxygen atoms in total. The molecule has 1 aliphatic heterocycles. The number of rotatable bonds is 5. The van der Waals surface area contributed by atoms with Gasteiger partial charge in [0.2, 0.25) is 0 Å². The van der Waals surface area contributed by atoms with Gasteiger partial charge in [-0.1, -0.05) is 47.5 Å². The minimum absolute atomic E-state index is 0.0986. The summed E-state index contributed by atoms with van der Waals surface area (Å²) in [5, 5.41) is 17.5. The van der Waals surface area contributed by atoms with Gasteiger partial charge in [-0.25, -0.2) is 0 Å². The summed E-state index contributed by atoms with van der Waals surface area (Å²) in [6, 6.07) is 13.3. The standard InChI is InChI=1S/C19H21ClN4O2/c1-15-2-4-16(5-3-15)14-22-8-10-23(11-9-22)21-13-17-6-7-18(20)19(12-17)24(25)26/h2-7,12-13H,8-11,14H2,1H3/b21-13+. The molecule has 0 aliphatic carbocycles. The van der Waals surface area contributed by atoms with Crippen molar-refractivity contribution in [1.29, 1.82) is 0 Å². The van der Waals surface area contributed by atoms with E-state index in [0.29, 0.717) is 5.56 Å². The quantitative estimate of drug-likeness (QED) is 0.456. The summed E-state index contributed by atoms with van der Waals surface area (Å²) in [5.41, 5.74) is 3.16. The van der Waals surface area contributed by atoms with Gasteiger partial charge < -0.3 is 0 Å². The number of benzene rings is 2. The number of nitro benzene ring substituents is 1. The highest BCUT2D eigenvalue weighted by atomic mass is 35.5. The lowest BCUT2D eigenvalue weighted by molar-refractivity contribution is -0.384. The second kappa shape index (κ2) is 8.29. The highest BCUT2D eigenvalue weighted by Gasteiger charge is 2.16. The molecule has 1 saturated heterocycles. The van der Waals surface area contributed by atoms with Crippen LogP contribution in [0.5, 0.6) is 0 Å². The zero-order valence-electron chi connectivity index (χ0n) is 14.6. The zero-order valence-corrected chi connectivity index (χ0v) is 15.4. The Hall–Kier alpha value is -2.44. The van der Waals surface area contributed by atoms with Crippen molar-refractivity contribution < 1.29 is 4.92 Å². The molecule has 0 aromatic heterocycles. The van der Waals surface area contributed by atoms with Crippen molar-refractivity contribution in [3.05, 3.63) is 74.3 Å². The van der Waals surface area contributed by atoms with Crippen LogP contribution in [0.25, 0.3) is 0 Å². The van der Waals surface area contributed by atoms with Crippen molar-refractivity contribution >= 4 is 23.5 Å². The molecule has 7 heteroatoms. The van der Waals surface area contributed by atoms with E-state index in [4.69, 9.17) is 11.6 Å². The maximum absolute atomic E-state index is 10.9. The minimum atomic E-state index is -0.483. The van der Waals surface area contributed by atoms with Crippen LogP contribution in [0.15, 0.2) is 47.6 Å². The third kappa shape index (κ3) is 4.80. The summed E-state index contributed by atoms with van der Waals surface area (Å²) in [5.74, 6) is 0. The van der Waals surface area contributed by atoms with E-state index in [1.54, 1.807) is 12.3 Å². The summed E-state index contributed by atoms with van der Waals surface area (Å²) in [4.78, 5) is 12.9. The van der Waals surface area contributed by atoms with Gasteiger partial charge in [0.05, 0.1) is 11.1 Å². The molecule has 0 unspecified atom stereocenters. The number of hydrogen-bond acceptors (Lipinski definition) is 5. The number of nitro groups is 1. The van der Waals surface area contributed by atoms with E-state index >= 15 is 0 Å². The van der Waals surface area contributed by atoms with Crippen LogP contribution in [0.3, 0.4) is 0 Å². The van der Waals surface area contributed by atoms with Gasteiger partial charge in [0.25, 0.3) is 5.69 Å². The minimum Gasteiger partial charge on any atom is -0.295 e. The van der Waals surface area contributed by atoms with Crippen molar-refractivity contribution in [1.82, 2.24) is 9.91 Å². The van der Waals surface area contributed by atoms with Crippen LogP contribution in [0.4, 0.5) is 5.69 Å². The molecule has 0 bridgehead atoms. The van der Waals surface area contributed by atoms with Crippen LogP contribution in [0.2, 0.25) is 5.02 Å². The van der Waals surface area contributed by atoms with E-state index in [1.807, 2.05) is 5.01 Å². The molecule has 0 amide bonds. The van der Waals surface area contributed by atoms with Crippen molar-refractivity contribution in [2.45, 2.75) is 13.5 Å². The van der Waals surface area contributed by atoms with Gasteiger partial charge in [-0.2, -0.15) is 5.10 Å². The molecule has 3 rings (SSSR count). The largest absolute Gasteiger partial charge is 0.295 e. The summed E-state index contributed by atoms with van der Waals surface area (Å²) < 4.78 is 0. The second-order valence-electron chi connectivity index (χ2n) is 6.43. The highest BCUT2D eigenvalue weighted by Crippen LogP contribution is 2.24. The first-order valence-corrected chi connectivity index (χ1v) is 8.90. The molecule has 2 aromatic rings. The van der Waals surface area contributed by atoms with Gasteiger partial charge in [-0.15, -0.1) is 0 Å². The number of hydrazone groups is 1. The average Bonchev–Trinajstić information content (AvgIpc) is 2.64. The molecule has 26 heavy (non-hydrogen) atoms. The number of halogens is 1. The maximum atomic E-state index is 10.9. The predicted molar refractivity (Wildman–Crippen MR) is 104 cm³/mol. The number of hydrogen-bond donors (Lipinski definition) is 0. The van der Waals surface area contributed by atoms with Crippen molar-refractivity contribution in [2.24, 2.45) is 5.10 Å². The lowest BCUT2D eigenvalue weighted by Crippen LogP contribution is -2.43. The van der Waals surface area contributed by atoms with Crippen LogP contribution in [0.1, 0.15) is 16.7 Å². The normalized spacial score (nSPS) is 15.5. The Balaban J connectivity index is 1.53. The van der Waals surface area contributed by atoms with Crippen LogP contribution >= 0.6 is 11.6 Å². The van der Waals surface area contributed by atoms with Gasteiger partial charge in [0.15, 0.2) is 0 Å². The first-order valence-electron chi connectivity index (χ1n) is 8.52. The number of nitrogens with zero attached hydrogens (tertiary/aromatic N) is 4. The Labute approximate surface area is 157 Å². The smallest absolute Gasteiger partial charge is 0.288 e. The lowest BCUT2D eigenvalue weighted by Gasteiger charge is -2.33. The molecule has 1 heterocycles. The molecule has 2 aromatic carbocycles. The number of aryl methyl sites for hydroxylation is 1. The molecular formula is C19H21ClN4O2. The van der Waals surface area contributed by atoms with Gasteiger partial charge in [-0.3, -0.25) is 20.0 Å². The van der Waals surface area contributed by atoms with Gasteiger partial charge in [-0.05, 0) is 18.6 Å². The Morgan fingerprint density at radius 3 is 2.50 bits per heavy atom. The summed E-state index contributed by atoms with van der Waals surface area (Å²) in [7, 11) is 0. The first-order chi connectivity index (χ1) is 12.5. The molecule has 1 fully saturated rings. The van der Waals surface area contributed by atoms with Crippen molar-refractivity contribution in [2.75, 3.05) is 26.2 Å². The molecule has 0 atom stereocenters. The number of piperazine rings is 1. The monoisotopic (exact) mass is 372 g/mol. The average molecular weight is 373 g/mol. The van der Waals surface area contributed by atoms with Crippen LogP contribution in [-0.4, -0.2) is 47.2 Å². The second-order valence-corrected chi connectivity index (χ2v) is 6.84. The molecule has 0 saturated carbocycles. The van der Waals surface area contributed by atoms with Crippen molar-refractivity contribution in [3.63, 3.8) is 0 Å². The van der Waals surface area contributed by atoms with E-state index in [9.17, 15) is 10.1 Å². The Morgan fingerprint density at radius 1 is 1.15 bits per heavy atom. The lowest BCUT2D eigenvalue weighted by atomic mass is 10.1. The van der Waals surface area contributed by atoms with E-state index in [-0.39, 0.29) is 10.7 Å². The van der Waals surface area contributed by atoms with Crippen LogP contribution < -0.4 is 0 Å². The Kier molecular flexibility index (Phi) is 5.85. The summed E-state index contributed by atoms with van der Waals surface area (Å²) in [6.07, 6.45) is 1.65. The Bertz CT molecular complexity index is 800. The van der Waals surface area contributed by atoms with E-state index in [1.165, 1.54) is 23.3 Å². The maximum Gasteiger partial charge on any atom is 0.288 e. The third-order valence-electron chi connectivity index (χ3n) is 4.41. The van der Waals surface area contributed by atoms with Gasteiger partial charge in [0.1, 0.15) is 5.02 Å². The van der Waals surface area contributed by atoms with Gasteiger partial charge in [0, 0.05) is 44.4 Å². The highest BCUT2D eigenvalue weighted by molar-refractivity contribution is 6.32. The molecule has 0 spiro atoms. The van der Waals surface area contributed by atoms with Crippen LogP contribution in [-0.2, 0) is 6.54 Å². The predicted octanol–water partition coefficient (Wildman–Crippen LogP) is 3.71. The fourth-order valence-corrected chi connectivity index (χ4v) is 3.05. The summed E-state index contributed by atoms with van der Waals surface area (Å²) in [6.45, 7) is 6.57. The Morgan fingerprint density at radius 2 is 1.85 bits per heavy atom. The zero-order chi connectivity index (χ0) is 18.5. The molecule has 1 aliphatic rings. The van der Waals surface area contributed by atoms with Crippen molar-refractivity contribution in [3.8, 4) is 0 Å². The van der Waals surface area contributed by atoms with E-state index in [2.05, 4.69) is 41.2 Å². The van der Waals surface area contributed by atoms with E-state index < -0.39 is 4.92 Å². The molecule has 136 valence electrons. The fraction of sp³-hybridized carbons (Fsp3) is 0.316. The van der Waals surface area contributed by atoms with Crippen LogP contribution in [0, 0.1) is 17.0 Å². The topological polar surface area (TPSA) is 62.0 Å². The fourth-order valence-electron chi connectivity index (χ4n) is 2.86. The third-order valence-corrected chi connectivity index (χ3v) is 4.73.